The molecule has 0 heterocycles. The maximum atomic E-state index is 10.1. The summed E-state index contributed by atoms with van der Waals surface area (Å²) in [4.78, 5) is 0. The Balaban J connectivity index is 2.94. The zero-order chi connectivity index (χ0) is 6.41. The molecule has 0 spiro atoms. The molecule has 1 unspecified atom stereocenters. The van der Waals surface area contributed by atoms with Crippen LogP contribution in [0.15, 0.2) is 0 Å². The van der Waals surface area contributed by atoms with E-state index in [4.69, 9.17) is 0 Å². The minimum Gasteiger partial charge on any atom is -0.292 e. The van der Waals surface area contributed by atoms with E-state index < -0.39 is 9.64 Å². The van der Waals surface area contributed by atoms with Crippen molar-refractivity contribution in [3.8, 4) is 0 Å². The highest BCUT2D eigenvalue weighted by atomic mass is 32.8. The number of unbranched alkanes of at least 4 members (excludes halogenated alkanes) is 1. The van der Waals surface area contributed by atoms with E-state index in [0.717, 1.165) is 12.8 Å². The van der Waals surface area contributed by atoms with Crippen molar-refractivity contribution < 1.29 is 8.39 Å². The van der Waals surface area contributed by atoms with Crippen molar-refractivity contribution in [2.75, 3.05) is 6.61 Å². The van der Waals surface area contributed by atoms with E-state index in [2.05, 4.69) is 15.4 Å². The van der Waals surface area contributed by atoms with Crippen molar-refractivity contribution in [3.05, 3.63) is 0 Å². The van der Waals surface area contributed by atoms with Gasteiger partial charge in [-0.05, 0) is 6.42 Å². The fourth-order valence-corrected chi connectivity index (χ4v) is 0.785. The summed E-state index contributed by atoms with van der Waals surface area (Å²) >= 11 is 4.28. The van der Waals surface area contributed by atoms with Crippen LogP contribution in [0.2, 0.25) is 0 Å². The lowest BCUT2D eigenvalue weighted by atomic mass is 10.4. The Morgan fingerprint density at radius 1 is 1.75 bits per heavy atom. The van der Waals surface area contributed by atoms with Gasteiger partial charge in [-0.2, -0.15) is 0 Å². The van der Waals surface area contributed by atoms with Crippen LogP contribution in [0.3, 0.4) is 0 Å². The minimum absolute atomic E-state index is 0.537. The molecule has 0 fully saturated rings. The van der Waals surface area contributed by atoms with Gasteiger partial charge in [0.25, 0.3) is 0 Å². The summed E-state index contributed by atoms with van der Waals surface area (Å²) in [5, 5.41) is 0. The van der Waals surface area contributed by atoms with Crippen LogP contribution in [-0.2, 0) is 25.0 Å². The molecule has 0 radical (unpaired) electrons. The molecule has 8 heavy (non-hydrogen) atoms. The van der Waals surface area contributed by atoms with Crippen LogP contribution < -0.4 is 0 Å². The normalized spacial score (nSPS) is 13.6. The summed E-state index contributed by atoms with van der Waals surface area (Å²) in [5.41, 5.74) is 0. The zero-order valence-corrected chi connectivity index (χ0v) is 6.50. The maximum absolute atomic E-state index is 10.1. The SMILES string of the molecule is CCCCO[SH](=O)=S. The van der Waals surface area contributed by atoms with Crippen LogP contribution in [0.25, 0.3) is 0 Å². The second-order valence-electron chi connectivity index (χ2n) is 1.41. The highest BCUT2D eigenvalue weighted by molar-refractivity contribution is 8.19. The fourth-order valence-electron chi connectivity index (χ4n) is 0.283. The van der Waals surface area contributed by atoms with Gasteiger partial charge in [-0.25, -0.2) is 4.21 Å². The molecule has 4 heteroatoms. The van der Waals surface area contributed by atoms with Gasteiger partial charge in [0.15, 0.2) is 0 Å². The van der Waals surface area contributed by atoms with Crippen molar-refractivity contribution in [2.24, 2.45) is 0 Å². The lowest BCUT2D eigenvalue weighted by Crippen LogP contribution is -1.88. The largest absolute Gasteiger partial charge is 0.292 e. The Morgan fingerprint density at radius 3 is 2.75 bits per heavy atom. The summed E-state index contributed by atoms with van der Waals surface area (Å²) in [6, 6.07) is 0. The number of hydrogen-bond donors (Lipinski definition) is 1. The third-order valence-electron chi connectivity index (χ3n) is 0.695. The summed E-state index contributed by atoms with van der Waals surface area (Å²) in [5.74, 6) is 0. The molecule has 0 aliphatic carbocycles. The maximum Gasteiger partial charge on any atom is 0.133 e. The van der Waals surface area contributed by atoms with E-state index in [1.807, 2.05) is 6.92 Å². The van der Waals surface area contributed by atoms with Crippen LogP contribution in [0.5, 0.6) is 0 Å². The van der Waals surface area contributed by atoms with Gasteiger partial charge in [-0.15, -0.1) is 0 Å². The second-order valence-corrected chi connectivity index (χ2v) is 3.01. The second kappa shape index (κ2) is 5.47. The summed E-state index contributed by atoms with van der Waals surface area (Å²) in [6.07, 6.45) is 2.00. The van der Waals surface area contributed by atoms with Crippen molar-refractivity contribution >= 4 is 20.8 Å². The Labute approximate surface area is 56.1 Å². The fraction of sp³-hybridized carbons (Fsp3) is 1.00. The molecule has 0 aromatic carbocycles. The van der Waals surface area contributed by atoms with E-state index in [1.165, 1.54) is 0 Å². The molecule has 0 aliphatic heterocycles. The number of hydrogen-bond acceptors (Lipinski definition) is 3. The average Bonchev–Trinajstić information content (AvgIpc) is 1.66. The molecule has 1 atom stereocenters. The summed E-state index contributed by atoms with van der Waals surface area (Å²) < 4.78 is 14.7. The predicted molar refractivity (Wildman–Crippen MR) is 37.8 cm³/mol. The molecule has 0 aromatic heterocycles. The molecule has 0 aliphatic rings. The molecule has 0 bridgehead atoms. The Hall–Kier alpha value is 0.330. The smallest absolute Gasteiger partial charge is 0.133 e. The van der Waals surface area contributed by atoms with Gasteiger partial charge in [0, 0.05) is 11.2 Å². The van der Waals surface area contributed by atoms with Gasteiger partial charge in [0.1, 0.15) is 9.64 Å². The van der Waals surface area contributed by atoms with Crippen LogP contribution in [-0.4, -0.2) is 10.8 Å². The highest BCUT2D eigenvalue weighted by Crippen LogP contribution is 1.86. The van der Waals surface area contributed by atoms with Crippen LogP contribution in [0, 0.1) is 0 Å². The monoisotopic (exact) mass is 154 g/mol. The summed E-state index contributed by atoms with van der Waals surface area (Å²) in [6.45, 7) is 2.58. The lowest BCUT2D eigenvalue weighted by Gasteiger charge is -1.90. The molecular weight excluding hydrogens is 144 g/mol. The molecule has 0 saturated carbocycles. The highest BCUT2D eigenvalue weighted by Gasteiger charge is 1.81. The van der Waals surface area contributed by atoms with Crippen LogP contribution in [0.4, 0.5) is 0 Å². The van der Waals surface area contributed by atoms with Gasteiger partial charge in [0.05, 0.1) is 6.61 Å². The van der Waals surface area contributed by atoms with Gasteiger partial charge >= 0.3 is 0 Å². The van der Waals surface area contributed by atoms with Gasteiger partial charge < -0.3 is 0 Å². The van der Waals surface area contributed by atoms with Gasteiger partial charge in [-0.1, -0.05) is 13.3 Å². The summed E-state index contributed by atoms with van der Waals surface area (Å²) in [7, 11) is -1.78. The Kier molecular flexibility index (Phi) is 5.69. The minimum atomic E-state index is -1.78. The zero-order valence-electron chi connectivity index (χ0n) is 4.79. The average molecular weight is 154 g/mol. The molecule has 0 rings (SSSR count). The van der Waals surface area contributed by atoms with Crippen LogP contribution in [0.1, 0.15) is 19.8 Å². The Bertz CT molecular complexity index is 101. The van der Waals surface area contributed by atoms with E-state index in [1.54, 1.807) is 0 Å². The molecule has 0 N–H and O–H groups in total. The van der Waals surface area contributed by atoms with E-state index in [-0.39, 0.29) is 0 Å². The molecule has 0 aromatic rings. The lowest BCUT2D eigenvalue weighted by molar-refractivity contribution is 0.347. The third-order valence-corrected chi connectivity index (χ3v) is 1.40. The van der Waals surface area contributed by atoms with Crippen molar-refractivity contribution in [1.29, 1.82) is 0 Å². The van der Waals surface area contributed by atoms with Crippen molar-refractivity contribution in [3.63, 3.8) is 0 Å². The van der Waals surface area contributed by atoms with Crippen molar-refractivity contribution in [2.45, 2.75) is 19.8 Å². The first-order chi connectivity index (χ1) is 3.77. The quantitative estimate of drug-likeness (QED) is 0.476. The number of rotatable bonds is 4. The molecular formula is C4H10O2S2. The molecule has 2 nitrogen and oxygen atoms in total. The van der Waals surface area contributed by atoms with E-state index in [0.29, 0.717) is 6.61 Å². The molecule has 50 valence electrons. The van der Waals surface area contributed by atoms with Gasteiger partial charge in [-0.3, -0.25) is 4.18 Å². The Morgan fingerprint density at radius 2 is 2.38 bits per heavy atom. The van der Waals surface area contributed by atoms with E-state index in [9.17, 15) is 4.21 Å². The van der Waals surface area contributed by atoms with E-state index >= 15 is 0 Å². The van der Waals surface area contributed by atoms with Crippen LogP contribution >= 0.6 is 0 Å². The first-order valence-electron chi connectivity index (χ1n) is 2.54. The number of thiol groups is 1. The molecule has 0 amide bonds. The standard InChI is InChI=1S/C4H10O2S2/c1-2-3-4-6-8(5)7/h8H,2-4H2,1H3. The predicted octanol–water partition coefficient (Wildman–Crippen LogP) is 0.661. The third kappa shape index (κ3) is 6.33. The van der Waals surface area contributed by atoms with Crippen molar-refractivity contribution in [1.82, 2.24) is 0 Å². The van der Waals surface area contributed by atoms with Gasteiger partial charge in [0.2, 0.25) is 0 Å². The first-order valence-corrected chi connectivity index (χ1v) is 4.73. The topological polar surface area (TPSA) is 26.3 Å². The first kappa shape index (κ1) is 8.33. The molecule has 0 saturated heterocycles.